The number of amides is 1. The molecule has 2 aromatic heterocycles. The maximum atomic E-state index is 13.5. The summed E-state index contributed by atoms with van der Waals surface area (Å²) < 4.78 is 44.6. The van der Waals surface area contributed by atoms with E-state index in [1.54, 1.807) is 12.1 Å². The molecule has 0 saturated heterocycles. The molecule has 2 aromatic carbocycles. The molecule has 1 atom stereocenters. The number of ether oxygens (including phenoxy) is 1. The largest absolute Gasteiger partial charge is 0.573 e. The molecule has 1 amide bonds. The second-order valence-corrected chi connectivity index (χ2v) is 10.5. The molecule has 4 rings (SSSR count). The second kappa shape index (κ2) is 9.92. The third-order valence-electron chi connectivity index (χ3n) is 6.48. The molecule has 4 aromatic rings. The highest BCUT2D eigenvalue weighted by molar-refractivity contribution is 6.30. The highest BCUT2D eigenvalue weighted by Gasteiger charge is 2.43. The van der Waals surface area contributed by atoms with Crippen LogP contribution in [-0.4, -0.2) is 32.9 Å². The first-order chi connectivity index (χ1) is 18.1. The number of fused-ring (bicyclic) bond motifs is 1. The maximum Gasteiger partial charge on any atom is 0.573 e. The number of carbonyl (C=O) groups excluding carboxylic acids is 1. The number of carboxylic acid groups (broad SMARTS) is 1. The molecule has 1 unspecified atom stereocenters. The van der Waals surface area contributed by atoms with Crippen LogP contribution < -0.4 is 10.5 Å². The topological polar surface area (TPSA) is 107 Å². The number of nitrogens with zero attached hydrogens (tertiary/aromatic N) is 2. The normalized spacial score (nSPS) is 13.7. The fourth-order valence-corrected chi connectivity index (χ4v) is 4.85. The predicted molar refractivity (Wildman–Crippen MR) is 140 cm³/mol. The monoisotopic (exact) mass is 559 g/mol. The van der Waals surface area contributed by atoms with Gasteiger partial charge in [-0.05, 0) is 46.4 Å². The molecule has 0 aliphatic rings. The fourth-order valence-electron chi connectivity index (χ4n) is 4.65. The first kappa shape index (κ1) is 28.0. The molecular weight excluding hydrogens is 535 g/mol. The van der Waals surface area contributed by atoms with E-state index in [0.29, 0.717) is 10.9 Å². The Balaban J connectivity index is 2.03. The summed E-state index contributed by atoms with van der Waals surface area (Å²) >= 11 is 6.04. The van der Waals surface area contributed by atoms with Crippen molar-refractivity contribution in [1.82, 2.24) is 9.55 Å². The van der Waals surface area contributed by atoms with Crippen LogP contribution in [0, 0.1) is 0 Å². The number of carboxylic acids is 1. The number of hydrogen-bond acceptors (Lipinski definition) is 4. The number of benzene rings is 2. The van der Waals surface area contributed by atoms with Crippen LogP contribution in [0.2, 0.25) is 5.15 Å². The molecular formula is C28H25ClF3N3O4. The van der Waals surface area contributed by atoms with Gasteiger partial charge < -0.3 is 20.1 Å². The summed E-state index contributed by atoms with van der Waals surface area (Å²) in [7, 11) is 0. The van der Waals surface area contributed by atoms with Crippen molar-refractivity contribution in [2.45, 2.75) is 44.5 Å². The summed E-state index contributed by atoms with van der Waals surface area (Å²) in [6, 6.07) is 15.2. The highest BCUT2D eigenvalue weighted by Crippen LogP contribution is 2.38. The number of pyridine rings is 1. The molecule has 39 heavy (non-hydrogen) atoms. The number of aromatic carboxylic acids is 1. The minimum absolute atomic E-state index is 0.0270. The lowest BCUT2D eigenvalue weighted by atomic mass is 9.81. The minimum Gasteiger partial charge on any atom is -0.476 e. The molecule has 0 saturated carbocycles. The number of carbonyl (C=O) groups is 2. The Labute approximate surface area is 227 Å². The SMILES string of the molecule is CC(C)(C)c1ccc(CC(C(N)=O)(c2cccc(OC(F)(F)F)c2)n2ccc3cc(Cl)nc(C(=O)O)c32)cc1. The van der Waals surface area contributed by atoms with E-state index in [0.717, 1.165) is 17.7 Å². The van der Waals surface area contributed by atoms with Gasteiger partial charge >= 0.3 is 12.3 Å². The Hall–Kier alpha value is -4.05. The van der Waals surface area contributed by atoms with Crippen molar-refractivity contribution in [3.05, 3.63) is 94.4 Å². The van der Waals surface area contributed by atoms with Crippen LogP contribution in [0.3, 0.4) is 0 Å². The van der Waals surface area contributed by atoms with E-state index in [9.17, 15) is 27.9 Å². The number of halogens is 4. The third-order valence-corrected chi connectivity index (χ3v) is 6.68. The number of nitrogens with two attached hydrogens (primary N) is 1. The number of alkyl halides is 3. The molecule has 11 heteroatoms. The molecule has 2 heterocycles. The summed E-state index contributed by atoms with van der Waals surface area (Å²) in [5.41, 5.74) is 5.31. The van der Waals surface area contributed by atoms with Gasteiger partial charge in [-0.3, -0.25) is 4.79 Å². The fraction of sp³-hybridized carbons (Fsp3) is 0.250. The quantitative estimate of drug-likeness (QED) is 0.268. The van der Waals surface area contributed by atoms with E-state index in [-0.39, 0.29) is 28.1 Å². The van der Waals surface area contributed by atoms with Crippen LogP contribution in [0.15, 0.2) is 66.9 Å². The first-order valence-corrected chi connectivity index (χ1v) is 12.2. The maximum absolute atomic E-state index is 13.5. The lowest BCUT2D eigenvalue weighted by Gasteiger charge is -2.35. The Morgan fingerprint density at radius 3 is 2.26 bits per heavy atom. The Morgan fingerprint density at radius 2 is 1.69 bits per heavy atom. The van der Waals surface area contributed by atoms with Gasteiger partial charge in [-0.15, -0.1) is 13.2 Å². The number of hydrogen-bond donors (Lipinski definition) is 2. The summed E-state index contributed by atoms with van der Waals surface area (Å²) in [5, 5.41) is 10.2. The second-order valence-electron chi connectivity index (χ2n) is 10.1. The minimum atomic E-state index is -4.98. The first-order valence-electron chi connectivity index (χ1n) is 11.8. The highest BCUT2D eigenvalue weighted by atomic mass is 35.5. The molecule has 0 bridgehead atoms. The van der Waals surface area contributed by atoms with Gasteiger partial charge in [0.2, 0.25) is 5.91 Å². The van der Waals surface area contributed by atoms with Crippen molar-refractivity contribution in [3.63, 3.8) is 0 Å². The van der Waals surface area contributed by atoms with E-state index in [1.165, 1.54) is 35.0 Å². The van der Waals surface area contributed by atoms with Gasteiger partial charge in [-0.25, -0.2) is 9.78 Å². The van der Waals surface area contributed by atoms with Crippen molar-refractivity contribution in [2.24, 2.45) is 5.73 Å². The number of aromatic nitrogens is 2. The molecule has 0 aliphatic carbocycles. The lowest BCUT2D eigenvalue weighted by molar-refractivity contribution is -0.274. The smallest absolute Gasteiger partial charge is 0.476 e. The van der Waals surface area contributed by atoms with Crippen LogP contribution in [-0.2, 0) is 22.2 Å². The van der Waals surface area contributed by atoms with Gasteiger partial charge in [0.1, 0.15) is 10.9 Å². The average Bonchev–Trinajstić information content (AvgIpc) is 3.24. The van der Waals surface area contributed by atoms with Crippen molar-refractivity contribution < 1.29 is 32.6 Å². The summed E-state index contributed by atoms with van der Waals surface area (Å²) in [6.45, 7) is 6.12. The standard InChI is InChI=1S/C28H25ClF3N3O4/c1-26(2,3)18-9-7-16(8-10-18)15-27(25(33)38,19-5-4-6-20(14-19)39-28(30,31)32)35-12-11-17-13-21(29)34-22(23(17)35)24(36)37/h4-14H,15H2,1-3H3,(H2,33,38)(H,36,37). The number of rotatable bonds is 7. The van der Waals surface area contributed by atoms with Crippen LogP contribution in [0.4, 0.5) is 13.2 Å². The predicted octanol–water partition coefficient (Wildman–Crippen LogP) is 6.06. The van der Waals surface area contributed by atoms with E-state index >= 15 is 0 Å². The van der Waals surface area contributed by atoms with E-state index < -0.39 is 35.2 Å². The summed E-state index contributed by atoms with van der Waals surface area (Å²) in [5.74, 6) is -2.91. The zero-order valence-electron chi connectivity index (χ0n) is 21.2. The molecule has 0 spiro atoms. The van der Waals surface area contributed by atoms with Gasteiger partial charge in [0, 0.05) is 18.0 Å². The van der Waals surface area contributed by atoms with Crippen LogP contribution in [0.1, 0.15) is 48.0 Å². The van der Waals surface area contributed by atoms with Crippen LogP contribution in [0.25, 0.3) is 10.9 Å². The zero-order chi connectivity index (χ0) is 28.8. The van der Waals surface area contributed by atoms with Crippen molar-refractivity contribution >= 4 is 34.4 Å². The molecule has 204 valence electrons. The Kier molecular flexibility index (Phi) is 7.12. The molecule has 0 radical (unpaired) electrons. The van der Waals surface area contributed by atoms with Crippen LogP contribution >= 0.6 is 11.6 Å². The van der Waals surface area contributed by atoms with E-state index in [4.69, 9.17) is 17.3 Å². The van der Waals surface area contributed by atoms with Crippen molar-refractivity contribution in [1.29, 1.82) is 0 Å². The van der Waals surface area contributed by atoms with Gasteiger partial charge in [0.25, 0.3) is 0 Å². The van der Waals surface area contributed by atoms with Gasteiger partial charge in [-0.2, -0.15) is 0 Å². The van der Waals surface area contributed by atoms with Gasteiger partial charge in [0.05, 0.1) is 5.52 Å². The van der Waals surface area contributed by atoms with Crippen LogP contribution in [0.5, 0.6) is 5.75 Å². The molecule has 0 fully saturated rings. The molecule has 0 aliphatic heterocycles. The van der Waals surface area contributed by atoms with Gasteiger partial charge in [0.15, 0.2) is 11.2 Å². The summed E-state index contributed by atoms with van der Waals surface area (Å²) in [4.78, 5) is 29.6. The van der Waals surface area contributed by atoms with E-state index in [1.807, 2.05) is 32.9 Å². The zero-order valence-corrected chi connectivity index (χ0v) is 22.0. The van der Waals surface area contributed by atoms with Crippen molar-refractivity contribution in [3.8, 4) is 5.75 Å². The van der Waals surface area contributed by atoms with Crippen molar-refractivity contribution in [2.75, 3.05) is 0 Å². The lowest BCUT2D eigenvalue weighted by Crippen LogP contribution is -2.49. The van der Waals surface area contributed by atoms with E-state index in [2.05, 4.69) is 9.72 Å². The average molecular weight is 560 g/mol. The van der Waals surface area contributed by atoms with Gasteiger partial charge in [-0.1, -0.05) is 68.8 Å². The molecule has 7 nitrogen and oxygen atoms in total. The third kappa shape index (κ3) is 5.56. The molecule has 3 N–H and O–H groups in total. The Morgan fingerprint density at radius 1 is 1.03 bits per heavy atom. The Bertz CT molecular complexity index is 1560. The number of primary amides is 1. The summed E-state index contributed by atoms with van der Waals surface area (Å²) in [6.07, 6.45) is -3.65.